The molecule has 0 spiro atoms. The Hall–Kier alpha value is -1.20. The Morgan fingerprint density at radius 2 is 1.54 bits per heavy atom. The molecule has 1 amide bonds. The molecule has 1 atom stereocenters. The topological polar surface area (TPSA) is 187 Å². The van der Waals surface area contributed by atoms with Crippen LogP contribution in [0, 0.1) is 0 Å². The van der Waals surface area contributed by atoms with Gasteiger partial charge in [-0.15, -0.1) is 0 Å². The van der Waals surface area contributed by atoms with E-state index >= 15 is 0 Å². The van der Waals surface area contributed by atoms with Gasteiger partial charge in [-0.3, -0.25) is 4.79 Å². The van der Waals surface area contributed by atoms with E-state index < -0.39 is 35.9 Å². The number of hydrogen-bond acceptors (Lipinski definition) is 9. The zero-order valence-electron chi connectivity index (χ0n) is 19.5. The maximum atomic E-state index is 12.4. The predicted octanol–water partition coefficient (Wildman–Crippen LogP) is -6.87. The smallest absolute Gasteiger partial charge is 0.548 e. The van der Waals surface area contributed by atoms with E-state index in [0.29, 0.717) is 24.2 Å². The van der Waals surface area contributed by atoms with Crippen LogP contribution >= 0.6 is 0 Å². The van der Waals surface area contributed by atoms with Gasteiger partial charge in [0.15, 0.2) is 0 Å². The first kappa shape index (κ1) is 31.8. The van der Waals surface area contributed by atoms with E-state index in [1.54, 1.807) is 24.3 Å². The van der Waals surface area contributed by atoms with Gasteiger partial charge in [0, 0.05) is 10.9 Å². The Bertz CT molecular complexity index is 1250. The summed E-state index contributed by atoms with van der Waals surface area (Å²) in [6.07, 6.45) is 0.849. The molecular formula is C23H21K2N5O5. The molecule has 1 aromatic heterocycles. The Balaban J connectivity index is 0.00000306. The molecule has 2 aromatic carbocycles. The van der Waals surface area contributed by atoms with E-state index in [0.717, 1.165) is 16.5 Å². The number of benzene rings is 2. The summed E-state index contributed by atoms with van der Waals surface area (Å²) >= 11 is 0. The van der Waals surface area contributed by atoms with Gasteiger partial charge in [-0.2, -0.15) is 4.98 Å². The standard InChI is InChI=1S/C23H23N5O5.2K/c1-12(21(30)31)10-18(22(32)33)26-20(29)15-7-4-13(5-8-15)2-3-14-6-9-17-16(11-14)19(24)28-23(25)27-17;;/h4-9,11,18H,1-3,10H2,(H,26,29)(H,30,31)(H,32,33)(H4,24,25,27,28);;/q;2*+1/p-2/t18-;;/m0../s1. The zero-order valence-corrected chi connectivity index (χ0v) is 25.8. The number of carbonyl (C=O) groups is 3. The molecule has 5 N–H and O–H groups in total. The molecule has 0 fully saturated rings. The molecule has 0 aliphatic rings. The summed E-state index contributed by atoms with van der Waals surface area (Å²) in [6, 6.07) is 10.7. The molecule has 170 valence electrons. The number of nitrogens with zero attached hydrogens (tertiary/aromatic N) is 2. The van der Waals surface area contributed by atoms with E-state index in [1.165, 1.54) is 0 Å². The minimum Gasteiger partial charge on any atom is -0.548 e. The third-order valence-corrected chi connectivity index (χ3v) is 5.05. The van der Waals surface area contributed by atoms with Gasteiger partial charge in [-0.05, 0) is 60.2 Å². The molecule has 35 heavy (non-hydrogen) atoms. The molecule has 3 aromatic rings. The molecular weight excluding hydrogens is 504 g/mol. The number of rotatable bonds is 9. The van der Waals surface area contributed by atoms with Crippen molar-refractivity contribution >= 4 is 40.5 Å². The summed E-state index contributed by atoms with van der Waals surface area (Å²) in [7, 11) is 0. The van der Waals surface area contributed by atoms with Crippen molar-refractivity contribution in [1.82, 2.24) is 15.3 Å². The maximum Gasteiger partial charge on any atom is 1.00 e. The summed E-state index contributed by atoms with van der Waals surface area (Å²) in [4.78, 5) is 42.4. The number of hydrogen-bond donors (Lipinski definition) is 3. The molecule has 0 radical (unpaired) electrons. The second kappa shape index (κ2) is 14.5. The number of nitrogens with one attached hydrogen (secondary N) is 1. The van der Waals surface area contributed by atoms with Crippen LogP contribution in [0.15, 0.2) is 54.6 Å². The average molecular weight is 526 g/mol. The Morgan fingerprint density at radius 1 is 0.943 bits per heavy atom. The number of aryl methyl sites for hydroxylation is 2. The molecule has 0 aliphatic carbocycles. The first-order chi connectivity index (χ1) is 15.6. The second-order valence-electron chi connectivity index (χ2n) is 7.46. The van der Waals surface area contributed by atoms with E-state index in [2.05, 4.69) is 21.9 Å². The predicted molar refractivity (Wildman–Crippen MR) is 117 cm³/mol. The van der Waals surface area contributed by atoms with Crippen LogP contribution in [0.1, 0.15) is 27.9 Å². The van der Waals surface area contributed by atoms with Gasteiger partial charge >= 0.3 is 103 Å². The van der Waals surface area contributed by atoms with Crippen LogP contribution in [0.2, 0.25) is 0 Å². The summed E-state index contributed by atoms with van der Waals surface area (Å²) in [5, 5.41) is 24.9. The van der Waals surface area contributed by atoms with Crippen LogP contribution in [0.4, 0.5) is 11.8 Å². The second-order valence-corrected chi connectivity index (χ2v) is 7.46. The van der Waals surface area contributed by atoms with Crippen molar-refractivity contribution in [2.24, 2.45) is 0 Å². The molecule has 1 heterocycles. The van der Waals surface area contributed by atoms with Crippen LogP contribution in [-0.2, 0) is 22.4 Å². The van der Waals surface area contributed by atoms with Crippen molar-refractivity contribution in [2.45, 2.75) is 25.3 Å². The van der Waals surface area contributed by atoms with Crippen LogP contribution in [0.3, 0.4) is 0 Å². The van der Waals surface area contributed by atoms with Gasteiger partial charge < -0.3 is 36.6 Å². The molecule has 3 rings (SSSR count). The van der Waals surface area contributed by atoms with Crippen molar-refractivity contribution < 1.29 is 127 Å². The Morgan fingerprint density at radius 3 is 2.14 bits per heavy atom. The van der Waals surface area contributed by atoms with Crippen molar-refractivity contribution in [3.05, 3.63) is 71.3 Å². The Kier molecular flexibility index (Phi) is 13.2. The Labute approximate surface area is 286 Å². The van der Waals surface area contributed by atoms with Crippen molar-refractivity contribution in [1.29, 1.82) is 0 Å². The fraction of sp³-hybridized carbons (Fsp3) is 0.174. The summed E-state index contributed by atoms with van der Waals surface area (Å²) < 4.78 is 0. The van der Waals surface area contributed by atoms with Gasteiger partial charge in [0.25, 0.3) is 5.91 Å². The van der Waals surface area contributed by atoms with Gasteiger partial charge in [-0.1, -0.05) is 24.8 Å². The van der Waals surface area contributed by atoms with Crippen molar-refractivity contribution in [3.8, 4) is 0 Å². The van der Waals surface area contributed by atoms with E-state index in [-0.39, 0.29) is 114 Å². The number of aromatic nitrogens is 2. The van der Waals surface area contributed by atoms with Crippen LogP contribution in [0.5, 0.6) is 0 Å². The first-order valence-electron chi connectivity index (χ1n) is 9.95. The van der Waals surface area contributed by atoms with E-state index in [1.807, 2.05) is 18.2 Å². The fourth-order valence-corrected chi connectivity index (χ4v) is 3.25. The molecule has 0 saturated carbocycles. The average Bonchev–Trinajstić information content (AvgIpc) is 2.77. The van der Waals surface area contributed by atoms with Crippen LogP contribution in [0.25, 0.3) is 10.9 Å². The van der Waals surface area contributed by atoms with Crippen molar-refractivity contribution in [2.75, 3.05) is 11.5 Å². The molecule has 0 unspecified atom stereocenters. The molecule has 12 heteroatoms. The zero-order chi connectivity index (χ0) is 24.1. The molecule has 0 bridgehead atoms. The number of aliphatic carboxylic acids is 2. The number of carboxylic acids is 2. The third-order valence-electron chi connectivity index (χ3n) is 5.05. The normalized spacial score (nSPS) is 11.0. The summed E-state index contributed by atoms with van der Waals surface area (Å²) in [5.74, 6) is -3.46. The van der Waals surface area contributed by atoms with E-state index in [4.69, 9.17) is 11.5 Å². The summed E-state index contributed by atoms with van der Waals surface area (Å²) in [5.41, 5.74) is 13.9. The van der Waals surface area contributed by atoms with E-state index in [9.17, 15) is 24.6 Å². The maximum absolute atomic E-state index is 12.4. The minimum absolute atomic E-state index is 0. The van der Waals surface area contributed by atoms with Crippen LogP contribution < -0.4 is 130 Å². The van der Waals surface area contributed by atoms with Gasteiger partial charge in [0.2, 0.25) is 5.95 Å². The fourth-order valence-electron chi connectivity index (χ4n) is 3.25. The van der Waals surface area contributed by atoms with Gasteiger partial charge in [0.05, 0.1) is 23.5 Å². The largest absolute Gasteiger partial charge is 1.00 e. The molecule has 0 saturated heterocycles. The number of fused-ring (bicyclic) bond motifs is 1. The number of nitrogen functional groups attached to an aromatic ring is 2. The monoisotopic (exact) mass is 525 g/mol. The number of amides is 1. The summed E-state index contributed by atoms with van der Waals surface area (Å²) in [6.45, 7) is 3.21. The SMILES string of the molecule is C=C(C[C@H](NC(=O)c1ccc(CCc2ccc3nc(N)nc(N)c3c2)cc1)C(=O)[O-])C(=O)[O-].[K+].[K+]. The number of anilines is 2. The van der Waals surface area contributed by atoms with Crippen molar-refractivity contribution in [3.63, 3.8) is 0 Å². The van der Waals surface area contributed by atoms with Crippen LogP contribution in [-0.4, -0.2) is 33.9 Å². The minimum atomic E-state index is -1.62. The number of nitrogens with two attached hydrogens (primary N) is 2. The molecule has 0 aliphatic heterocycles. The number of carbonyl (C=O) groups excluding carboxylic acids is 3. The third kappa shape index (κ3) is 9.00. The quantitative estimate of drug-likeness (QED) is 0.180. The first-order valence-corrected chi connectivity index (χ1v) is 9.95. The van der Waals surface area contributed by atoms with Gasteiger partial charge in [0.1, 0.15) is 5.82 Å². The van der Waals surface area contributed by atoms with Gasteiger partial charge in [-0.25, -0.2) is 4.98 Å². The molecule has 10 nitrogen and oxygen atoms in total. The number of carboxylic acid groups (broad SMARTS) is 2.